The second-order valence-corrected chi connectivity index (χ2v) is 2.19. The van der Waals surface area contributed by atoms with Gasteiger partial charge in [0.15, 0.2) is 0 Å². The van der Waals surface area contributed by atoms with Crippen molar-refractivity contribution in [1.29, 1.82) is 0 Å². The van der Waals surface area contributed by atoms with Gasteiger partial charge in [0.05, 0.1) is 12.2 Å². The number of aliphatic hydroxyl groups excluding tert-OH is 2. The highest BCUT2D eigenvalue weighted by molar-refractivity contribution is 4.98. The van der Waals surface area contributed by atoms with E-state index in [0.717, 1.165) is 0 Å². The minimum Gasteiger partial charge on any atom is -0.390 e. The largest absolute Gasteiger partial charge is 0.390 e. The molecule has 1 unspecified atom stereocenters. The van der Waals surface area contributed by atoms with Crippen molar-refractivity contribution < 1.29 is 10.2 Å². The molecule has 0 saturated heterocycles. The molecule has 2 N–H and O–H groups in total. The molecule has 0 aromatic rings. The van der Waals surface area contributed by atoms with E-state index >= 15 is 0 Å². The van der Waals surface area contributed by atoms with Crippen molar-refractivity contribution in [3.8, 4) is 0 Å². The van der Waals surface area contributed by atoms with E-state index in [9.17, 15) is 0 Å². The summed E-state index contributed by atoms with van der Waals surface area (Å²) in [4.78, 5) is 0. The van der Waals surface area contributed by atoms with E-state index in [4.69, 9.17) is 10.2 Å². The van der Waals surface area contributed by atoms with Gasteiger partial charge < -0.3 is 10.2 Å². The van der Waals surface area contributed by atoms with Crippen LogP contribution in [0.4, 0.5) is 0 Å². The predicted octanol–water partition coefficient (Wildman–Crippen LogP) is -0.0859. The Morgan fingerprint density at radius 2 is 2.12 bits per heavy atom. The van der Waals surface area contributed by atoms with Crippen molar-refractivity contribution in [2.24, 2.45) is 5.92 Å². The monoisotopic (exact) mass is 114 g/mol. The fourth-order valence-corrected chi connectivity index (χ4v) is 0.883. The fourth-order valence-electron chi connectivity index (χ4n) is 0.883. The van der Waals surface area contributed by atoms with Gasteiger partial charge >= 0.3 is 0 Å². The first kappa shape index (κ1) is 5.79. The van der Waals surface area contributed by atoms with E-state index in [1.807, 2.05) is 0 Å². The lowest BCUT2D eigenvalue weighted by molar-refractivity contribution is -0.0840. The Bertz CT molecular complexity index is 101. The van der Waals surface area contributed by atoms with Crippen LogP contribution in [0.5, 0.6) is 0 Å². The first-order valence-electron chi connectivity index (χ1n) is 2.74. The molecular formula is C6H10O2. The SMILES string of the molecule is C=CC1C[C@@H](O)[C@H]1O. The lowest BCUT2D eigenvalue weighted by Gasteiger charge is -2.35. The molecule has 0 radical (unpaired) electrons. The summed E-state index contributed by atoms with van der Waals surface area (Å²) >= 11 is 0. The van der Waals surface area contributed by atoms with Gasteiger partial charge in [0, 0.05) is 5.92 Å². The van der Waals surface area contributed by atoms with Gasteiger partial charge in [-0.05, 0) is 6.42 Å². The molecule has 46 valence electrons. The van der Waals surface area contributed by atoms with E-state index in [0.29, 0.717) is 6.42 Å². The van der Waals surface area contributed by atoms with Gasteiger partial charge in [-0.1, -0.05) is 6.08 Å². The highest BCUT2D eigenvalue weighted by Crippen LogP contribution is 2.28. The van der Waals surface area contributed by atoms with Crippen molar-refractivity contribution in [1.82, 2.24) is 0 Å². The molecule has 0 aromatic carbocycles. The minimum atomic E-state index is -0.549. The zero-order valence-electron chi connectivity index (χ0n) is 4.62. The van der Waals surface area contributed by atoms with Crippen LogP contribution in [0.2, 0.25) is 0 Å². The van der Waals surface area contributed by atoms with E-state index in [-0.39, 0.29) is 5.92 Å². The van der Waals surface area contributed by atoms with Crippen molar-refractivity contribution >= 4 is 0 Å². The quantitative estimate of drug-likeness (QED) is 0.468. The molecule has 0 spiro atoms. The molecule has 1 aliphatic carbocycles. The second-order valence-electron chi connectivity index (χ2n) is 2.19. The molecule has 0 aliphatic heterocycles. The van der Waals surface area contributed by atoms with Gasteiger partial charge in [-0.15, -0.1) is 6.58 Å². The highest BCUT2D eigenvalue weighted by atomic mass is 16.3. The maximum absolute atomic E-state index is 8.85. The lowest BCUT2D eigenvalue weighted by Crippen LogP contribution is -2.45. The predicted molar refractivity (Wildman–Crippen MR) is 30.3 cm³/mol. The molecule has 1 rings (SSSR count). The maximum Gasteiger partial charge on any atom is 0.0862 e. The number of hydrogen-bond donors (Lipinski definition) is 2. The van der Waals surface area contributed by atoms with Gasteiger partial charge in [0.25, 0.3) is 0 Å². The first-order chi connectivity index (χ1) is 3.75. The molecular weight excluding hydrogens is 104 g/mol. The Balaban J connectivity index is 2.35. The second kappa shape index (κ2) is 1.88. The van der Waals surface area contributed by atoms with Crippen molar-refractivity contribution in [2.75, 3.05) is 0 Å². The molecule has 1 aliphatic rings. The number of aliphatic hydroxyl groups is 2. The highest BCUT2D eigenvalue weighted by Gasteiger charge is 2.35. The molecule has 0 heterocycles. The smallest absolute Gasteiger partial charge is 0.0862 e. The molecule has 2 heteroatoms. The standard InChI is InChI=1S/C6H10O2/c1-2-4-3-5(7)6(4)8/h2,4-8H,1,3H2/t4?,5-,6+/m1/s1. The fraction of sp³-hybridized carbons (Fsp3) is 0.667. The van der Waals surface area contributed by atoms with Crippen LogP contribution in [-0.4, -0.2) is 22.4 Å². The molecule has 2 nitrogen and oxygen atoms in total. The van der Waals surface area contributed by atoms with Crippen LogP contribution in [0.3, 0.4) is 0 Å². The van der Waals surface area contributed by atoms with Crippen LogP contribution in [-0.2, 0) is 0 Å². The van der Waals surface area contributed by atoms with Gasteiger partial charge in [0.1, 0.15) is 0 Å². The van der Waals surface area contributed by atoms with E-state index in [1.54, 1.807) is 6.08 Å². The lowest BCUT2D eigenvalue weighted by atomic mass is 9.79. The van der Waals surface area contributed by atoms with Gasteiger partial charge in [-0.2, -0.15) is 0 Å². The third-order valence-corrected chi connectivity index (χ3v) is 1.65. The zero-order chi connectivity index (χ0) is 6.15. The van der Waals surface area contributed by atoms with Crippen LogP contribution in [0, 0.1) is 5.92 Å². The summed E-state index contributed by atoms with van der Waals surface area (Å²) in [5, 5.41) is 17.6. The average molecular weight is 114 g/mol. The molecule has 1 saturated carbocycles. The van der Waals surface area contributed by atoms with Gasteiger partial charge in [0.2, 0.25) is 0 Å². The summed E-state index contributed by atoms with van der Waals surface area (Å²) in [5.41, 5.74) is 0. The Morgan fingerprint density at radius 1 is 1.50 bits per heavy atom. The van der Waals surface area contributed by atoms with E-state index < -0.39 is 12.2 Å². The summed E-state index contributed by atoms with van der Waals surface area (Å²) in [6.45, 7) is 3.50. The molecule has 8 heavy (non-hydrogen) atoms. The van der Waals surface area contributed by atoms with Crippen LogP contribution in [0.25, 0.3) is 0 Å². The summed E-state index contributed by atoms with van der Waals surface area (Å²) in [5.74, 6) is 0.130. The minimum absolute atomic E-state index is 0.130. The molecule has 0 amide bonds. The molecule has 0 bridgehead atoms. The van der Waals surface area contributed by atoms with Crippen molar-refractivity contribution in [2.45, 2.75) is 18.6 Å². The first-order valence-corrected chi connectivity index (χ1v) is 2.74. The Kier molecular flexibility index (Phi) is 1.36. The Morgan fingerprint density at radius 3 is 2.25 bits per heavy atom. The Hall–Kier alpha value is -0.340. The van der Waals surface area contributed by atoms with Crippen LogP contribution < -0.4 is 0 Å². The number of hydrogen-bond acceptors (Lipinski definition) is 2. The zero-order valence-corrected chi connectivity index (χ0v) is 4.62. The molecule has 0 aromatic heterocycles. The number of rotatable bonds is 1. The van der Waals surface area contributed by atoms with E-state index in [2.05, 4.69) is 6.58 Å². The van der Waals surface area contributed by atoms with Crippen LogP contribution in [0.15, 0.2) is 12.7 Å². The Labute approximate surface area is 48.5 Å². The molecule has 3 atom stereocenters. The summed E-state index contributed by atoms with van der Waals surface area (Å²) < 4.78 is 0. The van der Waals surface area contributed by atoms with Crippen molar-refractivity contribution in [3.05, 3.63) is 12.7 Å². The summed E-state index contributed by atoms with van der Waals surface area (Å²) in [6.07, 6.45) is 1.30. The summed E-state index contributed by atoms with van der Waals surface area (Å²) in [7, 11) is 0. The van der Waals surface area contributed by atoms with Gasteiger partial charge in [-0.25, -0.2) is 0 Å². The summed E-state index contributed by atoms with van der Waals surface area (Å²) in [6, 6.07) is 0. The van der Waals surface area contributed by atoms with Crippen LogP contribution >= 0.6 is 0 Å². The van der Waals surface area contributed by atoms with Crippen molar-refractivity contribution in [3.63, 3.8) is 0 Å². The molecule has 1 fully saturated rings. The normalized spacial score (nSPS) is 45.5. The van der Waals surface area contributed by atoms with Gasteiger partial charge in [-0.3, -0.25) is 0 Å². The average Bonchev–Trinajstić information content (AvgIpc) is 1.81. The topological polar surface area (TPSA) is 40.5 Å². The van der Waals surface area contributed by atoms with Crippen LogP contribution in [0.1, 0.15) is 6.42 Å². The van der Waals surface area contributed by atoms with E-state index in [1.165, 1.54) is 0 Å². The maximum atomic E-state index is 8.85. The third-order valence-electron chi connectivity index (χ3n) is 1.65. The third kappa shape index (κ3) is 0.659.